The Kier molecular flexibility index (Phi) is 3.29. The molecule has 1 atom stereocenters. The van der Waals surface area contributed by atoms with Gasteiger partial charge in [-0.05, 0) is 31.4 Å². The van der Waals surface area contributed by atoms with Crippen LogP contribution in [0.5, 0.6) is 0 Å². The first-order valence-corrected chi connectivity index (χ1v) is 10.4. The van der Waals surface area contributed by atoms with Gasteiger partial charge in [0, 0.05) is 26.8 Å². The van der Waals surface area contributed by atoms with Gasteiger partial charge in [-0.25, -0.2) is 9.97 Å². The maximum absolute atomic E-state index is 6.23. The van der Waals surface area contributed by atoms with E-state index in [0.717, 1.165) is 55.7 Å². The number of nitrogens with zero attached hydrogens (tertiary/aromatic N) is 2. The number of hydrogen-bond donors (Lipinski definition) is 0. The molecule has 2 aromatic carbocycles. The van der Waals surface area contributed by atoms with Crippen LogP contribution in [0.25, 0.3) is 49.6 Å². The number of thiophene rings is 1. The van der Waals surface area contributed by atoms with E-state index in [-0.39, 0.29) is 0 Å². The summed E-state index contributed by atoms with van der Waals surface area (Å²) < 4.78 is 6.23. The molecule has 6 rings (SSSR count). The molecule has 3 heterocycles. The molecule has 3 nitrogen and oxygen atoms in total. The van der Waals surface area contributed by atoms with Crippen molar-refractivity contribution >= 4 is 49.7 Å². The Morgan fingerprint density at radius 3 is 2.82 bits per heavy atom. The van der Waals surface area contributed by atoms with Gasteiger partial charge < -0.3 is 4.42 Å². The summed E-state index contributed by atoms with van der Waals surface area (Å²) in [6.45, 7) is 4.32. The van der Waals surface area contributed by atoms with E-state index in [2.05, 4.69) is 43.3 Å². The van der Waals surface area contributed by atoms with Crippen LogP contribution < -0.4 is 0 Å². The summed E-state index contributed by atoms with van der Waals surface area (Å²) in [5.74, 6) is 0.531. The zero-order valence-corrected chi connectivity index (χ0v) is 16.5. The van der Waals surface area contributed by atoms with Crippen molar-refractivity contribution in [3.63, 3.8) is 0 Å². The second kappa shape index (κ2) is 5.76. The lowest BCUT2D eigenvalue weighted by atomic mass is 9.96. The highest BCUT2D eigenvalue weighted by molar-refractivity contribution is 7.19. The summed E-state index contributed by atoms with van der Waals surface area (Å²) in [4.78, 5) is 12.5. The van der Waals surface area contributed by atoms with Gasteiger partial charge in [0.05, 0.1) is 11.4 Å². The molecule has 0 bridgehead atoms. The van der Waals surface area contributed by atoms with Crippen LogP contribution in [0.3, 0.4) is 0 Å². The van der Waals surface area contributed by atoms with Crippen LogP contribution in [-0.4, -0.2) is 9.97 Å². The smallest absolute Gasteiger partial charge is 0.144 e. The molecule has 3 aromatic heterocycles. The fourth-order valence-corrected chi connectivity index (χ4v) is 5.41. The minimum absolute atomic E-state index is 0.531. The molecule has 1 aliphatic rings. The maximum atomic E-state index is 6.23. The summed E-state index contributed by atoms with van der Waals surface area (Å²) >= 11 is 1.78. The number of allylic oxidation sites excluding steroid dienone is 1. The monoisotopic (exact) mass is 382 g/mol. The quantitative estimate of drug-likeness (QED) is 0.311. The molecule has 0 saturated heterocycles. The summed E-state index contributed by atoms with van der Waals surface area (Å²) in [7, 11) is 0. The third-order valence-electron chi connectivity index (χ3n) is 5.65. The van der Waals surface area contributed by atoms with E-state index in [1.807, 2.05) is 25.1 Å². The second-order valence-electron chi connectivity index (χ2n) is 7.51. The molecule has 0 spiro atoms. The first-order valence-electron chi connectivity index (χ1n) is 9.59. The van der Waals surface area contributed by atoms with E-state index < -0.39 is 0 Å². The molecule has 0 fully saturated rings. The van der Waals surface area contributed by atoms with E-state index >= 15 is 0 Å². The Morgan fingerprint density at radius 1 is 1.04 bits per heavy atom. The van der Waals surface area contributed by atoms with Crippen molar-refractivity contribution in [3.8, 4) is 11.3 Å². The van der Waals surface area contributed by atoms with Gasteiger partial charge in [0.1, 0.15) is 21.5 Å². The zero-order chi connectivity index (χ0) is 18.8. The average molecular weight is 382 g/mol. The molecule has 28 heavy (non-hydrogen) atoms. The predicted octanol–water partition coefficient (Wildman–Crippen LogP) is 7.09. The van der Waals surface area contributed by atoms with Crippen molar-refractivity contribution in [2.24, 2.45) is 0 Å². The summed E-state index contributed by atoms with van der Waals surface area (Å²) in [5, 5.41) is 2.26. The molecule has 136 valence electrons. The Balaban J connectivity index is 1.65. The van der Waals surface area contributed by atoms with Crippen molar-refractivity contribution in [1.29, 1.82) is 0 Å². The average Bonchev–Trinajstić information content (AvgIpc) is 3.26. The van der Waals surface area contributed by atoms with Gasteiger partial charge >= 0.3 is 0 Å². The zero-order valence-electron chi connectivity index (χ0n) is 15.7. The first kappa shape index (κ1) is 16.0. The molecule has 0 radical (unpaired) electrons. The molecule has 0 aliphatic heterocycles. The molecular weight excluding hydrogens is 364 g/mol. The second-order valence-corrected chi connectivity index (χ2v) is 8.54. The van der Waals surface area contributed by atoms with Crippen molar-refractivity contribution in [3.05, 3.63) is 64.7 Å². The van der Waals surface area contributed by atoms with E-state index in [0.29, 0.717) is 5.92 Å². The third-order valence-corrected chi connectivity index (χ3v) is 6.97. The number of aryl methyl sites for hydroxylation is 1. The summed E-state index contributed by atoms with van der Waals surface area (Å²) in [6, 6.07) is 14.5. The van der Waals surface area contributed by atoms with Gasteiger partial charge in [-0.2, -0.15) is 0 Å². The number of para-hydroxylation sites is 2. The van der Waals surface area contributed by atoms with Crippen molar-refractivity contribution in [2.75, 3.05) is 0 Å². The van der Waals surface area contributed by atoms with E-state index in [9.17, 15) is 0 Å². The van der Waals surface area contributed by atoms with Gasteiger partial charge in [-0.1, -0.05) is 49.4 Å². The highest BCUT2D eigenvalue weighted by Crippen LogP contribution is 2.42. The minimum Gasteiger partial charge on any atom is -0.455 e. The lowest BCUT2D eigenvalue weighted by Crippen LogP contribution is -1.96. The van der Waals surface area contributed by atoms with Gasteiger partial charge in [-0.15, -0.1) is 11.3 Å². The SMILES string of the molecule is Cc1nc2c3c(sc2nc1-c1cccc2c1oc1ccccc12)C(C)CC=C3. The lowest BCUT2D eigenvalue weighted by Gasteiger charge is -2.12. The van der Waals surface area contributed by atoms with Gasteiger partial charge in [-0.3, -0.25) is 0 Å². The van der Waals surface area contributed by atoms with Gasteiger partial charge in [0.25, 0.3) is 0 Å². The van der Waals surface area contributed by atoms with Crippen molar-refractivity contribution < 1.29 is 4.42 Å². The fraction of sp³-hybridized carbons (Fsp3) is 0.167. The molecule has 0 N–H and O–H groups in total. The van der Waals surface area contributed by atoms with E-state index in [1.54, 1.807) is 11.3 Å². The first-order chi connectivity index (χ1) is 13.7. The number of furan rings is 1. The van der Waals surface area contributed by atoms with E-state index in [4.69, 9.17) is 14.4 Å². The Bertz CT molecular complexity index is 1420. The van der Waals surface area contributed by atoms with Crippen molar-refractivity contribution in [1.82, 2.24) is 9.97 Å². The fourth-order valence-electron chi connectivity index (χ4n) is 4.24. The normalized spacial score (nSPS) is 16.3. The number of aromatic nitrogens is 2. The Labute approximate surface area is 166 Å². The topological polar surface area (TPSA) is 38.9 Å². The van der Waals surface area contributed by atoms with Gasteiger partial charge in [0.2, 0.25) is 0 Å². The third kappa shape index (κ3) is 2.15. The molecule has 1 aliphatic carbocycles. The molecule has 4 heteroatoms. The van der Waals surface area contributed by atoms with Crippen LogP contribution in [-0.2, 0) is 0 Å². The van der Waals surface area contributed by atoms with Crippen LogP contribution in [0.1, 0.15) is 35.4 Å². The predicted molar refractivity (Wildman–Crippen MR) is 117 cm³/mol. The lowest BCUT2D eigenvalue weighted by molar-refractivity contribution is 0.669. The number of hydrogen-bond acceptors (Lipinski definition) is 4. The standard InChI is InChI=1S/C24H18N2OS/c1-13-7-5-11-18-21-24(28-23(13)18)26-20(14(2)25-21)17-10-6-9-16-15-8-3-4-12-19(15)27-22(16)17/h3-6,8-13H,7H2,1-2H3. The van der Waals surface area contributed by atoms with Crippen LogP contribution in [0, 0.1) is 6.92 Å². The minimum atomic E-state index is 0.531. The van der Waals surface area contributed by atoms with Crippen molar-refractivity contribution in [2.45, 2.75) is 26.2 Å². The molecule has 1 unspecified atom stereocenters. The Hall–Kier alpha value is -2.98. The van der Waals surface area contributed by atoms with Crippen LogP contribution in [0.15, 0.2) is 53.0 Å². The molecule has 5 aromatic rings. The highest BCUT2D eigenvalue weighted by Gasteiger charge is 2.22. The highest BCUT2D eigenvalue weighted by atomic mass is 32.1. The van der Waals surface area contributed by atoms with E-state index in [1.165, 1.54) is 10.4 Å². The van der Waals surface area contributed by atoms with Crippen LogP contribution in [0.4, 0.5) is 0 Å². The maximum Gasteiger partial charge on any atom is 0.144 e. The largest absolute Gasteiger partial charge is 0.455 e. The number of benzene rings is 2. The molecular formula is C24H18N2OS. The molecule has 0 saturated carbocycles. The van der Waals surface area contributed by atoms with Crippen LogP contribution in [0.2, 0.25) is 0 Å². The number of fused-ring (bicyclic) bond motifs is 6. The molecule has 0 amide bonds. The Morgan fingerprint density at radius 2 is 1.89 bits per heavy atom. The summed E-state index contributed by atoms with van der Waals surface area (Å²) in [6.07, 6.45) is 5.55. The van der Waals surface area contributed by atoms with Crippen LogP contribution >= 0.6 is 11.3 Å². The summed E-state index contributed by atoms with van der Waals surface area (Å²) in [5.41, 5.74) is 6.93. The van der Waals surface area contributed by atoms with Gasteiger partial charge in [0.15, 0.2) is 0 Å². The number of rotatable bonds is 1.